The fourth-order valence-corrected chi connectivity index (χ4v) is 11.0. The van der Waals surface area contributed by atoms with E-state index < -0.39 is 54.0 Å². The van der Waals surface area contributed by atoms with Crippen molar-refractivity contribution in [2.24, 2.45) is 11.8 Å². The molecule has 8 bridgehead atoms. The van der Waals surface area contributed by atoms with Gasteiger partial charge < -0.3 is 57.3 Å². The summed E-state index contributed by atoms with van der Waals surface area (Å²) in [6.45, 7) is 14.2. The molecule has 5 aliphatic rings. The number of allylic oxidation sites excluding steroid dienone is 2. The minimum Gasteiger partial charge on any atom is -0.458 e. The lowest BCUT2D eigenvalue weighted by atomic mass is 9.79. The second kappa shape index (κ2) is 24.3. The van der Waals surface area contributed by atoms with Crippen molar-refractivity contribution in [2.75, 3.05) is 14.2 Å². The van der Waals surface area contributed by atoms with Crippen LogP contribution in [0.2, 0.25) is 0 Å². The largest absolute Gasteiger partial charge is 0.458 e. The first-order valence-corrected chi connectivity index (χ1v) is 25.6. The zero-order valence-corrected chi connectivity index (χ0v) is 43.2. The predicted octanol–water partition coefficient (Wildman–Crippen LogP) is 9.15. The molecular formula is C54H73BrN2O13. The van der Waals surface area contributed by atoms with Crippen molar-refractivity contribution < 1.29 is 62.1 Å². The number of methoxy groups -OCH3 is 2. The first-order chi connectivity index (χ1) is 33.4. The number of aromatic nitrogens is 2. The van der Waals surface area contributed by atoms with Gasteiger partial charge in [-0.25, -0.2) is 14.8 Å². The maximum Gasteiger partial charge on any atom is 0.330 e. The summed E-state index contributed by atoms with van der Waals surface area (Å²) in [4.78, 5) is 24.8. The summed E-state index contributed by atoms with van der Waals surface area (Å²) >= 11 is 3.28. The van der Waals surface area contributed by atoms with Gasteiger partial charge in [-0.3, -0.25) is 0 Å². The van der Waals surface area contributed by atoms with E-state index in [1.54, 1.807) is 37.6 Å². The average Bonchev–Trinajstić information content (AvgIpc) is 3.96. The zero-order valence-electron chi connectivity index (χ0n) is 41.6. The number of ether oxygens (including phenoxy) is 7. The van der Waals surface area contributed by atoms with Crippen LogP contribution in [-0.4, -0.2) is 118 Å². The van der Waals surface area contributed by atoms with Crippen LogP contribution in [0, 0.1) is 11.8 Å². The highest BCUT2D eigenvalue weighted by molar-refractivity contribution is 9.11. The number of carbonyl (C=O) groups is 1. The lowest BCUT2D eigenvalue weighted by molar-refractivity contribution is -0.286. The van der Waals surface area contributed by atoms with E-state index in [2.05, 4.69) is 22.5 Å². The first-order valence-electron chi connectivity index (χ1n) is 24.6. The molecule has 2 aromatic heterocycles. The van der Waals surface area contributed by atoms with Crippen LogP contribution in [0.1, 0.15) is 128 Å². The molecule has 16 heteroatoms. The quantitative estimate of drug-likeness (QED) is 0.103. The molecule has 70 heavy (non-hydrogen) atoms. The average molecular weight is 1040 g/mol. The SMILES string of the molecule is C=C1C[C@@H]2C[C@]3(C)C[C@@H](O)C[C@@H](O3)c3coc(n3)C=CC[C@H]3O[C@@H](C(C)=Cc4coc(C[C@]5(O)C[C@H](OC)C[C@H]([C@H](O)C=C(C)C=C[C@@H](CC=CBr)OC)O5)n4)[C@H](C)[C@@H](OC(=O)C=CC[C@@H](C1)O2)[C@H]3C. The Labute approximate surface area is 420 Å². The standard InChI is InChI=1S/C54H73BrN2O13/c1-32(17-18-39(62-7)13-11-19-55)22-44(59)47-25-41(63-8)28-54(61,70-47)29-49-56-37(30-64-49)23-34(3)51-36(5)52-35(4)45(67-51)14-10-15-48-57-43(31-65-48)46-24-38(58)26-53(6,69-46)27-42-21-33(2)20-40(66-42)12-9-16-50(60)68-52/h9-11,15-19,22-23,30-31,35-36,38-42,44-47,51-52,58-59,61H,2,12-14,20-21,24-29H2,1,3-8H3/t35-,36-,38-,39+,40-,41+,42+,44+,45+,46+,47+,51-,52-,53-,54-/m0/s1. The maximum atomic E-state index is 13.6. The molecule has 0 radical (unpaired) electrons. The summed E-state index contributed by atoms with van der Waals surface area (Å²) in [5, 5.41) is 34.1. The second-order valence-corrected chi connectivity index (χ2v) is 20.8. The van der Waals surface area contributed by atoms with Gasteiger partial charge in [-0.05, 0) is 75.6 Å². The Bertz CT molecular complexity index is 2260. The number of halogens is 1. The van der Waals surface area contributed by atoms with Crippen LogP contribution < -0.4 is 0 Å². The molecule has 7 rings (SSSR count). The van der Waals surface area contributed by atoms with Crippen molar-refractivity contribution in [1.82, 2.24) is 9.97 Å². The third-order valence-electron chi connectivity index (χ3n) is 14.2. The van der Waals surface area contributed by atoms with Crippen LogP contribution in [0.3, 0.4) is 0 Å². The molecule has 4 fully saturated rings. The van der Waals surface area contributed by atoms with Crippen molar-refractivity contribution in [3.63, 3.8) is 0 Å². The minimum atomic E-state index is -1.73. The summed E-state index contributed by atoms with van der Waals surface area (Å²) in [6, 6.07) is 0. The van der Waals surface area contributed by atoms with E-state index in [-0.39, 0.29) is 61.1 Å². The second-order valence-electron chi connectivity index (χ2n) is 20.3. The summed E-state index contributed by atoms with van der Waals surface area (Å²) in [7, 11) is 3.22. The fourth-order valence-electron chi connectivity index (χ4n) is 10.8. The Kier molecular flexibility index (Phi) is 18.7. The van der Waals surface area contributed by atoms with Crippen molar-refractivity contribution in [1.29, 1.82) is 0 Å². The van der Waals surface area contributed by atoms with Crippen LogP contribution in [-0.2, 0) is 44.4 Å². The first kappa shape index (κ1) is 54.0. The summed E-state index contributed by atoms with van der Waals surface area (Å²) in [5.41, 5.74) is 3.19. The number of nitrogens with zero attached hydrogens (tertiary/aromatic N) is 2. The Hall–Kier alpha value is -3.81. The highest BCUT2D eigenvalue weighted by atomic mass is 79.9. The molecule has 15 nitrogen and oxygen atoms in total. The van der Waals surface area contributed by atoms with Gasteiger partial charge in [-0.1, -0.05) is 84.0 Å². The Morgan fingerprint density at radius 1 is 1.00 bits per heavy atom. The van der Waals surface area contributed by atoms with Crippen LogP contribution >= 0.6 is 15.9 Å². The molecule has 5 aliphatic heterocycles. The molecule has 2 aromatic rings. The Balaban J connectivity index is 1.07. The van der Waals surface area contributed by atoms with E-state index in [4.69, 9.17) is 52.0 Å². The lowest BCUT2D eigenvalue weighted by Crippen LogP contribution is -2.51. The number of aliphatic hydroxyl groups excluding tert-OH is 2. The number of hydrogen-bond acceptors (Lipinski definition) is 15. The number of fused-ring (bicyclic) bond motifs is 9. The van der Waals surface area contributed by atoms with E-state index in [0.717, 1.165) is 16.7 Å². The number of esters is 1. The van der Waals surface area contributed by atoms with Crippen LogP contribution in [0.15, 0.2) is 92.2 Å². The van der Waals surface area contributed by atoms with Crippen molar-refractivity contribution >= 4 is 34.1 Å². The molecule has 384 valence electrons. The lowest BCUT2D eigenvalue weighted by Gasteiger charge is -2.44. The van der Waals surface area contributed by atoms with E-state index in [9.17, 15) is 20.1 Å². The van der Waals surface area contributed by atoms with Gasteiger partial charge >= 0.3 is 5.97 Å². The predicted molar refractivity (Wildman–Crippen MR) is 266 cm³/mol. The summed E-state index contributed by atoms with van der Waals surface area (Å²) in [5.74, 6) is -1.96. The van der Waals surface area contributed by atoms with Gasteiger partial charge in [0.2, 0.25) is 5.89 Å². The van der Waals surface area contributed by atoms with Crippen molar-refractivity contribution in [3.05, 3.63) is 107 Å². The van der Waals surface area contributed by atoms with Crippen LogP contribution in [0.25, 0.3) is 12.2 Å². The van der Waals surface area contributed by atoms with Gasteiger partial charge in [0.25, 0.3) is 0 Å². The third kappa shape index (κ3) is 14.4. The van der Waals surface area contributed by atoms with Gasteiger partial charge in [0.1, 0.15) is 36.1 Å². The summed E-state index contributed by atoms with van der Waals surface area (Å²) < 4.78 is 55.6. The number of rotatable bonds is 12. The molecule has 0 spiro atoms. The van der Waals surface area contributed by atoms with Gasteiger partial charge in [0.15, 0.2) is 11.7 Å². The number of hydrogen-bond donors (Lipinski definition) is 3. The molecule has 0 aromatic carbocycles. The van der Waals surface area contributed by atoms with Crippen molar-refractivity contribution in [2.45, 2.75) is 184 Å². The highest BCUT2D eigenvalue weighted by Gasteiger charge is 2.46. The minimum absolute atomic E-state index is 0.0841. The van der Waals surface area contributed by atoms with Gasteiger partial charge in [0.05, 0.1) is 67.0 Å². The molecule has 0 saturated carbocycles. The summed E-state index contributed by atoms with van der Waals surface area (Å²) in [6.07, 6.45) is 19.5. The van der Waals surface area contributed by atoms with Crippen LogP contribution in [0.5, 0.6) is 0 Å². The van der Waals surface area contributed by atoms with Gasteiger partial charge in [-0.2, -0.15) is 0 Å². The van der Waals surface area contributed by atoms with Crippen molar-refractivity contribution in [3.8, 4) is 0 Å². The molecule has 0 amide bonds. The Morgan fingerprint density at radius 2 is 1.79 bits per heavy atom. The normalized spacial score (nSPS) is 36.0. The molecule has 15 atom stereocenters. The Morgan fingerprint density at radius 3 is 2.56 bits per heavy atom. The number of carbonyl (C=O) groups excluding carboxylic acids is 1. The molecule has 0 aliphatic carbocycles. The van der Waals surface area contributed by atoms with Gasteiger partial charge in [0, 0.05) is 64.2 Å². The number of aliphatic hydroxyl groups is 3. The fraction of sp³-hybridized carbons (Fsp3) is 0.611. The van der Waals surface area contributed by atoms with E-state index >= 15 is 0 Å². The third-order valence-corrected chi connectivity index (χ3v) is 14.6. The van der Waals surface area contributed by atoms with Crippen LogP contribution in [0.4, 0.5) is 0 Å². The zero-order chi connectivity index (χ0) is 50.2. The topological polar surface area (TPSA) is 194 Å². The number of oxazole rings is 2. The molecule has 7 heterocycles. The molecule has 4 saturated heterocycles. The van der Waals surface area contributed by atoms with E-state index in [1.807, 2.05) is 71.1 Å². The molecular weight excluding hydrogens is 964 g/mol. The molecule has 3 N–H and O–H groups in total. The van der Waals surface area contributed by atoms with E-state index in [0.29, 0.717) is 75.1 Å². The molecule has 0 unspecified atom stereocenters. The highest BCUT2D eigenvalue weighted by Crippen LogP contribution is 2.43. The monoisotopic (exact) mass is 1040 g/mol. The smallest absolute Gasteiger partial charge is 0.330 e. The maximum absolute atomic E-state index is 13.6. The van der Waals surface area contributed by atoms with E-state index in [1.165, 1.54) is 12.3 Å². The van der Waals surface area contributed by atoms with Gasteiger partial charge in [-0.15, -0.1) is 0 Å².